The number of carbonyl (C=O) groups is 1. The van der Waals surface area contributed by atoms with E-state index in [2.05, 4.69) is 0 Å². The fourth-order valence-corrected chi connectivity index (χ4v) is 1.83. The molecular weight excluding hydrogens is 232 g/mol. The van der Waals surface area contributed by atoms with Crippen molar-refractivity contribution in [3.63, 3.8) is 0 Å². The zero-order valence-corrected chi connectivity index (χ0v) is 11.3. The van der Waals surface area contributed by atoms with E-state index in [9.17, 15) is 4.79 Å². The SMILES string of the molecule is CCN(CC)C(=O)c1cc(N)cc(OC)c1OC. The van der Waals surface area contributed by atoms with Crippen LogP contribution in [0.1, 0.15) is 24.2 Å². The lowest BCUT2D eigenvalue weighted by Crippen LogP contribution is -2.30. The van der Waals surface area contributed by atoms with E-state index >= 15 is 0 Å². The molecule has 0 saturated heterocycles. The number of carbonyl (C=O) groups excluding carboxylic acids is 1. The highest BCUT2D eigenvalue weighted by molar-refractivity contribution is 5.98. The van der Waals surface area contributed by atoms with E-state index in [0.29, 0.717) is 35.8 Å². The number of ether oxygens (including phenoxy) is 2. The van der Waals surface area contributed by atoms with Gasteiger partial charge in [-0.25, -0.2) is 0 Å². The van der Waals surface area contributed by atoms with Crippen LogP contribution in [-0.4, -0.2) is 38.1 Å². The van der Waals surface area contributed by atoms with Crippen molar-refractivity contribution in [2.24, 2.45) is 0 Å². The average molecular weight is 252 g/mol. The van der Waals surface area contributed by atoms with Gasteiger partial charge in [0.1, 0.15) is 0 Å². The van der Waals surface area contributed by atoms with E-state index in [1.807, 2.05) is 13.8 Å². The molecule has 0 saturated carbocycles. The largest absolute Gasteiger partial charge is 0.493 e. The minimum Gasteiger partial charge on any atom is -0.493 e. The number of hydrogen-bond acceptors (Lipinski definition) is 4. The zero-order chi connectivity index (χ0) is 13.7. The van der Waals surface area contributed by atoms with Crippen molar-refractivity contribution in [3.8, 4) is 11.5 Å². The summed E-state index contributed by atoms with van der Waals surface area (Å²) in [6, 6.07) is 3.25. The summed E-state index contributed by atoms with van der Waals surface area (Å²) >= 11 is 0. The Balaban J connectivity index is 3.29. The molecular formula is C13H20N2O3. The van der Waals surface area contributed by atoms with Crippen molar-refractivity contribution in [3.05, 3.63) is 17.7 Å². The van der Waals surface area contributed by atoms with E-state index in [1.54, 1.807) is 17.0 Å². The van der Waals surface area contributed by atoms with Gasteiger partial charge in [-0.15, -0.1) is 0 Å². The van der Waals surface area contributed by atoms with E-state index in [1.165, 1.54) is 14.2 Å². The predicted octanol–water partition coefficient (Wildman–Crippen LogP) is 1.77. The Morgan fingerprint density at radius 3 is 2.28 bits per heavy atom. The zero-order valence-electron chi connectivity index (χ0n) is 11.3. The minimum absolute atomic E-state index is 0.109. The smallest absolute Gasteiger partial charge is 0.257 e. The molecule has 5 heteroatoms. The molecule has 0 unspecified atom stereocenters. The molecule has 0 radical (unpaired) electrons. The molecule has 0 atom stereocenters. The number of rotatable bonds is 5. The van der Waals surface area contributed by atoms with Gasteiger partial charge in [-0.3, -0.25) is 4.79 Å². The van der Waals surface area contributed by atoms with Crippen LogP contribution in [0.5, 0.6) is 11.5 Å². The maximum Gasteiger partial charge on any atom is 0.257 e. The van der Waals surface area contributed by atoms with Crippen LogP contribution in [0.4, 0.5) is 5.69 Å². The van der Waals surface area contributed by atoms with Crippen LogP contribution in [-0.2, 0) is 0 Å². The number of methoxy groups -OCH3 is 2. The van der Waals surface area contributed by atoms with E-state index in [4.69, 9.17) is 15.2 Å². The molecule has 0 aliphatic carbocycles. The van der Waals surface area contributed by atoms with Crippen LogP contribution in [0.2, 0.25) is 0 Å². The Morgan fingerprint density at radius 1 is 1.22 bits per heavy atom. The normalized spacial score (nSPS) is 10.0. The van der Waals surface area contributed by atoms with Gasteiger partial charge in [0.05, 0.1) is 19.8 Å². The van der Waals surface area contributed by atoms with E-state index in [0.717, 1.165) is 0 Å². The van der Waals surface area contributed by atoms with E-state index in [-0.39, 0.29) is 5.91 Å². The predicted molar refractivity (Wildman–Crippen MR) is 71.2 cm³/mol. The van der Waals surface area contributed by atoms with Gasteiger partial charge in [-0.1, -0.05) is 0 Å². The molecule has 1 rings (SSSR count). The molecule has 0 aliphatic heterocycles. The highest BCUT2D eigenvalue weighted by Gasteiger charge is 2.21. The second-order valence-corrected chi connectivity index (χ2v) is 3.78. The first-order valence-corrected chi connectivity index (χ1v) is 5.89. The van der Waals surface area contributed by atoms with Crippen LogP contribution in [0, 0.1) is 0 Å². The average Bonchev–Trinajstić information content (AvgIpc) is 2.38. The Morgan fingerprint density at radius 2 is 1.83 bits per heavy atom. The lowest BCUT2D eigenvalue weighted by atomic mass is 10.1. The highest BCUT2D eigenvalue weighted by Crippen LogP contribution is 2.34. The number of benzene rings is 1. The second kappa shape index (κ2) is 6.14. The molecule has 0 aliphatic rings. The number of hydrogen-bond donors (Lipinski definition) is 1. The minimum atomic E-state index is -0.109. The molecule has 1 aromatic carbocycles. The fraction of sp³-hybridized carbons (Fsp3) is 0.462. The molecule has 1 aromatic rings. The van der Waals surface area contributed by atoms with Gasteiger partial charge in [0, 0.05) is 24.8 Å². The Labute approximate surface area is 107 Å². The quantitative estimate of drug-likeness (QED) is 0.811. The summed E-state index contributed by atoms with van der Waals surface area (Å²) < 4.78 is 10.4. The third-order valence-electron chi connectivity index (χ3n) is 2.78. The first-order valence-electron chi connectivity index (χ1n) is 5.89. The van der Waals surface area contributed by atoms with Gasteiger partial charge >= 0.3 is 0 Å². The van der Waals surface area contributed by atoms with Crippen molar-refractivity contribution in [1.82, 2.24) is 4.90 Å². The molecule has 18 heavy (non-hydrogen) atoms. The number of nitrogens with zero attached hydrogens (tertiary/aromatic N) is 1. The lowest BCUT2D eigenvalue weighted by molar-refractivity contribution is 0.0769. The molecule has 0 bridgehead atoms. The second-order valence-electron chi connectivity index (χ2n) is 3.78. The van der Waals surface area contributed by atoms with Gasteiger partial charge in [0.25, 0.3) is 5.91 Å². The van der Waals surface area contributed by atoms with Crippen molar-refractivity contribution in [2.75, 3.05) is 33.0 Å². The van der Waals surface area contributed by atoms with Crippen molar-refractivity contribution in [2.45, 2.75) is 13.8 Å². The molecule has 5 nitrogen and oxygen atoms in total. The highest BCUT2D eigenvalue weighted by atomic mass is 16.5. The van der Waals surface area contributed by atoms with Crippen LogP contribution >= 0.6 is 0 Å². The topological polar surface area (TPSA) is 64.8 Å². The van der Waals surface area contributed by atoms with Gasteiger partial charge in [-0.2, -0.15) is 0 Å². The number of anilines is 1. The number of amides is 1. The lowest BCUT2D eigenvalue weighted by Gasteiger charge is -2.21. The first kappa shape index (κ1) is 14.2. The summed E-state index contributed by atoms with van der Waals surface area (Å²) in [5.41, 5.74) is 6.68. The molecule has 0 aromatic heterocycles. The summed E-state index contributed by atoms with van der Waals surface area (Å²) in [5, 5.41) is 0. The van der Waals surface area contributed by atoms with Crippen molar-refractivity contribution in [1.29, 1.82) is 0 Å². The van der Waals surface area contributed by atoms with Gasteiger partial charge in [-0.05, 0) is 19.9 Å². The summed E-state index contributed by atoms with van der Waals surface area (Å²) in [6.07, 6.45) is 0. The monoisotopic (exact) mass is 252 g/mol. The molecule has 2 N–H and O–H groups in total. The van der Waals surface area contributed by atoms with Crippen LogP contribution in [0.25, 0.3) is 0 Å². The Kier molecular flexibility index (Phi) is 4.83. The van der Waals surface area contributed by atoms with Crippen LogP contribution in [0.15, 0.2) is 12.1 Å². The first-order chi connectivity index (χ1) is 8.58. The number of nitrogens with two attached hydrogens (primary N) is 1. The fourth-order valence-electron chi connectivity index (χ4n) is 1.83. The molecule has 0 heterocycles. The number of nitrogen functional groups attached to an aromatic ring is 1. The van der Waals surface area contributed by atoms with E-state index < -0.39 is 0 Å². The molecule has 0 fully saturated rings. The van der Waals surface area contributed by atoms with Gasteiger partial charge < -0.3 is 20.1 Å². The van der Waals surface area contributed by atoms with Crippen LogP contribution < -0.4 is 15.2 Å². The summed E-state index contributed by atoms with van der Waals surface area (Å²) in [5.74, 6) is 0.777. The third kappa shape index (κ3) is 2.67. The van der Waals surface area contributed by atoms with Crippen molar-refractivity contribution >= 4 is 11.6 Å². The summed E-state index contributed by atoms with van der Waals surface area (Å²) in [4.78, 5) is 14.0. The standard InChI is InChI=1S/C13H20N2O3/c1-5-15(6-2)13(16)10-7-9(14)8-11(17-3)12(10)18-4/h7-8H,5-6,14H2,1-4H3. The summed E-state index contributed by atoms with van der Waals surface area (Å²) in [6.45, 7) is 5.13. The maximum absolute atomic E-state index is 12.3. The van der Waals surface area contributed by atoms with Crippen molar-refractivity contribution < 1.29 is 14.3 Å². The van der Waals surface area contributed by atoms with Crippen LogP contribution in [0.3, 0.4) is 0 Å². The molecule has 100 valence electrons. The summed E-state index contributed by atoms with van der Waals surface area (Å²) in [7, 11) is 3.02. The Bertz CT molecular complexity index is 428. The Hall–Kier alpha value is -1.91. The van der Waals surface area contributed by atoms with Gasteiger partial charge in [0.15, 0.2) is 11.5 Å². The third-order valence-corrected chi connectivity index (χ3v) is 2.78. The molecule has 1 amide bonds. The maximum atomic E-state index is 12.3. The van der Waals surface area contributed by atoms with Gasteiger partial charge in [0.2, 0.25) is 0 Å². The molecule has 0 spiro atoms.